The number of para-hydroxylation sites is 1. The summed E-state index contributed by atoms with van der Waals surface area (Å²) < 4.78 is 44.5. The molecule has 2 aromatic rings. The molecule has 2 saturated heterocycles. The maximum atomic E-state index is 12.9. The number of carbonyl (C=O) groups excluding carboxylic acids is 1. The lowest BCUT2D eigenvalue weighted by atomic mass is 9.77. The van der Waals surface area contributed by atoms with Gasteiger partial charge >= 0.3 is 6.18 Å². The topological polar surface area (TPSA) is 32.8 Å². The van der Waals surface area contributed by atoms with Crippen LogP contribution in [0.15, 0.2) is 48.5 Å². The number of hydrogen-bond acceptors (Lipinski definition) is 3. The summed E-state index contributed by atoms with van der Waals surface area (Å²) in [6.07, 6.45) is -1.42. The average Bonchev–Trinajstić information content (AvgIpc) is 3.23. The van der Waals surface area contributed by atoms with Crippen molar-refractivity contribution in [2.75, 3.05) is 32.8 Å². The Hall–Kier alpha value is -2.54. The van der Waals surface area contributed by atoms with Gasteiger partial charge in [-0.3, -0.25) is 9.69 Å². The summed E-state index contributed by atoms with van der Waals surface area (Å²) in [6.45, 7) is 9.07. The Morgan fingerprint density at radius 2 is 1.65 bits per heavy atom. The first-order valence-corrected chi connectivity index (χ1v) is 12.0. The first-order valence-electron chi connectivity index (χ1n) is 12.0. The Labute approximate surface area is 199 Å². The van der Waals surface area contributed by atoms with Gasteiger partial charge in [0.25, 0.3) is 5.91 Å². The van der Waals surface area contributed by atoms with Crippen LogP contribution in [0.5, 0.6) is 5.75 Å². The lowest BCUT2D eigenvalue weighted by molar-refractivity contribution is -0.137. The van der Waals surface area contributed by atoms with Gasteiger partial charge in [-0.05, 0) is 74.0 Å². The number of ether oxygens (including phenoxy) is 1. The molecule has 4 rings (SSSR count). The van der Waals surface area contributed by atoms with Crippen molar-refractivity contribution in [2.24, 2.45) is 11.3 Å². The maximum Gasteiger partial charge on any atom is 0.416 e. The number of amides is 1. The average molecular weight is 475 g/mol. The zero-order chi connectivity index (χ0) is 24.3. The highest BCUT2D eigenvalue weighted by Crippen LogP contribution is 2.41. The van der Waals surface area contributed by atoms with Crippen molar-refractivity contribution >= 4 is 5.91 Å². The third kappa shape index (κ3) is 5.74. The van der Waals surface area contributed by atoms with Crippen LogP contribution in [0.2, 0.25) is 0 Å². The zero-order valence-corrected chi connectivity index (χ0v) is 19.9. The molecule has 2 aliphatic rings. The standard InChI is InChI=1S/C27H33F3N2O2/c1-20(2)18-34-24-6-4-3-5-22(24)17-31-14-11-26(12-15-31)13-16-32(19-26)25(33)21-7-9-23(10-8-21)27(28,29)30/h3-10,20H,11-19H2,1-2H3. The SMILES string of the molecule is CC(C)COc1ccccc1CN1CCC2(CC1)CCN(C(=O)c1ccc(C(F)(F)F)cc1)C2. The molecule has 0 N–H and O–H groups in total. The predicted molar refractivity (Wildman–Crippen MR) is 126 cm³/mol. The molecule has 0 aromatic heterocycles. The van der Waals surface area contributed by atoms with Crippen LogP contribution in [0, 0.1) is 11.3 Å². The van der Waals surface area contributed by atoms with Crippen LogP contribution < -0.4 is 4.74 Å². The Morgan fingerprint density at radius 3 is 2.29 bits per heavy atom. The van der Waals surface area contributed by atoms with Crippen molar-refractivity contribution in [3.8, 4) is 5.75 Å². The van der Waals surface area contributed by atoms with Crippen LogP contribution in [-0.2, 0) is 12.7 Å². The summed E-state index contributed by atoms with van der Waals surface area (Å²) in [5.74, 6) is 1.24. The molecule has 2 aliphatic heterocycles. The molecule has 0 radical (unpaired) electrons. The van der Waals surface area contributed by atoms with E-state index in [1.54, 1.807) is 0 Å². The lowest BCUT2D eigenvalue weighted by Crippen LogP contribution is -2.42. The van der Waals surface area contributed by atoms with Crippen LogP contribution in [0.3, 0.4) is 0 Å². The van der Waals surface area contributed by atoms with Gasteiger partial charge in [0, 0.05) is 30.8 Å². The van der Waals surface area contributed by atoms with E-state index in [-0.39, 0.29) is 11.3 Å². The Morgan fingerprint density at radius 1 is 1.00 bits per heavy atom. The minimum Gasteiger partial charge on any atom is -0.493 e. The van der Waals surface area contributed by atoms with E-state index in [2.05, 4.69) is 24.8 Å². The third-order valence-electron chi connectivity index (χ3n) is 7.04. The summed E-state index contributed by atoms with van der Waals surface area (Å²) in [6, 6.07) is 12.8. The summed E-state index contributed by atoms with van der Waals surface area (Å²) in [7, 11) is 0. The first kappa shape index (κ1) is 24.6. The van der Waals surface area contributed by atoms with E-state index in [0.717, 1.165) is 56.8 Å². The number of nitrogens with zero attached hydrogens (tertiary/aromatic N) is 2. The molecule has 0 atom stereocenters. The van der Waals surface area contributed by atoms with Crippen LogP contribution in [0.4, 0.5) is 13.2 Å². The number of alkyl halides is 3. The van der Waals surface area contributed by atoms with E-state index in [4.69, 9.17) is 4.74 Å². The normalized spacial score (nSPS) is 18.6. The molecule has 1 amide bonds. The molecule has 4 nitrogen and oxygen atoms in total. The van der Waals surface area contributed by atoms with E-state index in [0.29, 0.717) is 31.2 Å². The third-order valence-corrected chi connectivity index (χ3v) is 7.04. The molecular weight excluding hydrogens is 441 g/mol. The highest BCUT2D eigenvalue weighted by atomic mass is 19.4. The van der Waals surface area contributed by atoms with Gasteiger partial charge in [0.2, 0.25) is 0 Å². The molecule has 2 fully saturated rings. The van der Waals surface area contributed by atoms with Crippen molar-refractivity contribution in [1.82, 2.24) is 9.80 Å². The van der Waals surface area contributed by atoms with Crippen LogP contribution in [-0.4, -0.2) is 48.5 Å². The largest absolute Gasteiger partial charge is 0.493 e. The fourth-order valence-corrected chi connectivity index (χ4v) is 4.96. The van der Waals surface area contributed by atoms with Crippen molar-refractivity contribution in [3.05, 3.63) is 65.2 Å². The van der Waals surface area contributed by atoms with Gasteiger partial charge in [-0.1, -0.05) is 32.0 Å². The molecule has 0 unspecified atom stereocenters. The molecule has 0 saturated carbocycles. The van der Waals surface area contributed by atoms with Gasteiger partial charge in [-0.2, -0.15) is 13.2 Å². The fourth-order valence-electron chi connectivity index (χ4n) is 4.96. The van der Waals surface area contributed by atoms with Crippen LogP contribution >= 0.6 is 0 Å². The molecule has 2 heterocycles. The van der Waals surface area contributed by atoms with Gasteiger partial charge in [0.05, 0.1) is 12.2 Å². The molecule has 34 heavy (non-hydrogen) atoms. The molecule has 184 valence electrons. The lowest BCUT2D eigenvalue weighted by Gasteiger charge is -2.39. The minimum atomic E-state index is -4.39. The fraction of sp³-hybridized carbons (Fsp3) is 0.519. The van der Waals surface area contributed by atoms with Crippen LogP contribution in [0.25, 0.3) is 0 Å². The summed E-state index contributed by atoms with van der Waals surface area (Å²) in [5, 5.41) is 0. The molecule has 0 bridgehead atoms. The number of benzene rings is 2. The van der Waals surface area contributed by atoms with Gasteiger partial charge < -0.3 is 9.64 Å². The number of piperidine rings is 1. The number of hydrogen-bond donors (Lipinski definition) is 0. The molecule has 7 heteroatoms. The van der Waals surface area contributed by atoms with E-state index in [1.165, 1.54) is 17.7 Å². The van der Waals surface area contributed by atoms with Crippen molar-refractivity contribution in [2.45, 2.75) is 45.8 Å². The zero-order valence-electron chi connectivity index (χ0n) is 19.9. The van der Waals surface area contributed by atoms with Crippen molar-refractivity contribution in [1.29, 1.82) is 0 Å². The van der Waals surface area contributed by atoms with E-state index in [1.807, 2.05) is 23.1 Å². The van der Waals surface area contributed by atoms with E-state index < -0.39 is 11.7 Å². The highest BCUT2D eigenvalue weighted by Gasteiger charge is 2.42. The summed E-state index contributed by atoms with van der Waals surface area (Å²) >= 11 is 0. The highest BCUT2D eigenvalue weighted by molar-refractivity contribution is 5.94. The van der Waals surface area contributed by atoms with Crippen molar-refractivity contribution < 1.29 is 22.7 Å². The first-order chi connectivity index (χ1) is 16.2. The number of rotatable bonds is 6. The Kier molecular flexibility index (Phi) is 7.22. The smallest absolute Gasteiger partial charge is 0.416 e. The van der Waals surface area contributed by atoms with Gasteiger partial charge in [-0.25, -0.2) is 0 Å². The van der Waals surface area contributed by atoms with Crippen molar-refractivity contribution in [3.63, 3.8) is 0 Å². The molecule has 0 aliphatic carbocycles. The van der Waals surface area contributed by atoms with Gasteiger partial charge in [-0.15, -0.1) is 0 Å². The number of carbonyl (C=O) groups is 1. The molecule has 2 aromatic carbocycles. The van der Waals surface area contributed by atoms with E-state index >= 15 is 0 Å². The number of likely N-dealkylation sites (tertiary alicyclic amines) is 2. The second-order valence-electron chi connectivity index (χ2n) is 10.1. The quantitative estimate of drug-likeness (QED) is 0.525. The molecule has 1 spiro atoms. The summed E-state index contributed by atoms with van der Waals surface area (Å²) in [5.41, 5.74) is 0.891. The predicted octanol–water partition coefficient (Wildman–Crippen LogP) is 5.87. The monoisotopic (exact) mass is 474 g/mol. The maximum absolute atomic E-state index is 12.9. The Balaban J connectivity index is 1.32. The van der Waals surface area contributed by atoms with Gasteiger partial charge in [0.1, 0.15) is 5.75 Å². The van der Waals surface area contributed by atoms with Gasteiger partial charge in [0.15, 0.2) is 0 Å². The second kappa shape index (κ2) is 9.98. The number of halogens is 3. The Bertz CT molecular complexity index is 980. The summed E-state index contributed by atoms with van der Waals surface area (Å²) in [4.78, 5) is 17.2. The van der Waals surface area contributed by atoms with Crippen LogP contribution in [0.1, 0.15) is 54.6 Å². The minimum absolute atomic E-state index is 0.103. The second-order valence-corrected chi connectivity index (χ2v) is 10.1. The van der Waals surface area contributed by atoms with E-state index in [9.17, 15) is 18.0 Å². The molecular formula is C27H33F3N2O2.